The summed E-state index contributed by atoms with van der Waals surface area (Å²) < 4.78 is 5.12. The standard InChI is InChI=1S/C18H28O3/c1-5-13-18(20,17(19)21-8-4)16(7-3)15-11-9-14(6-2)10-12-15/h9-12,16,20H,5-8,13H2,1-4H3. The van der Waals surface area contributed by atoms with Crippen molar-refractivity contribution in [3.05, 3.63) is 35.4 Å². The fourth-order valence-corrected chi connectivity index (χ4v) is 2.89. The summed E-state index contributed by atoms with van der Waals surface area (Å²) >= 11 is 0. The summed E-state index contributed by atoms with van der Waals surface area (Å²) in [4.78, 5) is 12.3. The Morgan fingerprint density at radius 1 is 1.19 bits per heavy atom. The maximum absolute atomic E-state index is 12.3. The van der Waals surface area contributed by atoms with Crippen LogP contribution in [0.1, 0.15) is 64.0 Å². The molecule has 118 valence electrons. The summed E-state index contributed by atoms with van der Waals surface area (Å²) in [7, 11) is 0. The van der Waals surface area contributed by atoms with Gasteiger partial charge in [0, 0.05) is 5.92 Å². The maximum atomic E-state index is 12.3. The van der Waals surface area contributed by atoms with Crippen molar-refractivity contribution in [2.24, 2.45) is 0 Å². The molecule has 0 fully saturated rings. The van der Waals surface area contributed by atoms with Crippen LogP contribution in [0.2, 0.25) is 0 Å². The van der Waals surface area contributed by atoms with Crippen molar-refractivity contribution < 1.29 is 14.6 Å². The molecule has 0 heterocycles. The Bertz CT molecular complexity index is 438. The third-order valence-corrected chi connectivity index (χ3v) is 4.04. The van der Waals surface area contributed by atoms with Gasteiger partial charge in [0.05, 0.1) is 6.61 Å². The van der Waals surface area contributed by atoms with Gasteiger partial charge in [-0.05, 0) is 37.3 Å². The van der Waals surface area contributed by atoms with E-state index in [1.807, 2.05) is 26.0 Å². The molecular formula is C18H28O3. The van der Waals surface area contributed by atoms with Crippen LogP contribution in [0.15, 0.2) is 24.3 Å². The first-order valence-electron chi connectivity index (χ1n) is 8.01. The van der Waals surface area contributed by atoms with E-state index in [0.29, 0.717) is 12.8 Å². The van der Waals surface area contributed by atoms with E-state index in [9.17, 15) is 9.90 Å². The molecule has 1 aromatic rings. The molecule has 0 amide bonds. The molecule has 3 nitrogen and oxygen atoms in total. The maximum Gasteiger partial charge on any atom is 0.338 e. The molecule has 2 atom stereocenters. The third-order valence-electron chi connectivity index (χ3n) is 4.04. The molecule has 0 aliphatic heterocycles. The summed E-state index contributed by atoms with van der Waals surface area (Å²) in [6.07, 6.45) is 2.83. The van der Waals surface area contributed by atoms with E-state index in [0.717, 1.165) is 18.4 Å². The van der Waals surface area contributed by atoms with Gasteiger partial charge in [-0.3, -0.25) is 0 Å². The van der Waals surface area contributed by atoms with Crippen LogP contribution >= 0.6 is 0 Å². The highest BCUT2D eigenvalue weighted by atomic mass is 16.5. The lowest BCUT2D eigenvalue weighted by atomic mass is 9.77. The largest absolute Gasteiger partial charge is 0.464 e. The molecule has 2 unspecified atom stereocenters. The van der Waals surface area contributed by atoms with Crippen LogP contribution in [0.25, 0.3) is 0 Å². The number of aryl methyl sites for hydroxylation is 1. The molecule has 21 heavy (non-hydrogen) atoms. The van der Waals surface area contributed by atoms with Gasteiger partial charge in [0.2, 0.25) is 0 Å². The zero-order valence-electron chi connectivity index (χ0n) is 13.7. The highest BCUT2D eigenvalue weighted by molar-refractivity contribution is 5.80. The highest BCUT2D eigenvalue weighted by Crippen LogP contribution is 2.36. The number of carbonyl (C=O) groups excluding carboxylic acids is 1. The van der Waals surface area contributed by atoms with Gasteiger partial charge in [-0.1, -0.05) is 51.5 Å². The number of hydrogen-bond acceptors (Lipinski definition) is 3. The van der Waals surface area contributed by atoms with Gasteiger partial charge in [0.1, 0.15) is 0 Å². The van der Waals surface area contributed by atoms with Gasteiger partial charge in [-0.25, -0.2) is 4.79 Å². The molecule has 0 aliphatic rings. The quantitative estimate of drug-likeness (QED) is 0.741. The van der Waals surface area contributed by atoms with E-state index in [-0.39, 0.29) is 12.5 Å². The average Bonchev–Trinajstić information content (AvgIpc) is 2.49. The molecule has 0 bridgehead atoms. The van der Waals surface area contributed by atoms with Gasteiger partial charge in [-0.2, -0.15) is 0 Å². The average molecular weight is 292 g/mol. The molecule has 1 rings (SSSR count). The Hall–Kier alpha value is -1.35. The van der Waals surface area contributed by atoms with Crippen LogP contribution in [-0.4, -0.2) is 23.3 Å². The van der Waals surface area contributed by atoms with Crippen molar-refractivity contribution in [3.8, 4) is 0 Å². The van der Waals surface area contributed by atoms with Crippen LogP contribution in [0.3, 0.4) is 0 Å². The summed E-state index contributed by atoms with van der Waals surface area (Å²) in [6, 6.07) is 8.17. The first-order valence-corrected chi connectivity index (χ1v) is 8.01. The minimum Gasteiger partial charge on any atom is -0.464 e. The van der Waals surface area contributed by atoms with Crippen LogP contribution < -0.4 is 0 Å². The lowest BCUT2D eigenvalue weighted by Crippen LogP contribution is -2.45. The van der Waals surface area contributed by atoms with Crippen molar-refractivity contribution >= 4 is 5.97 Å². The Labute approximate surface area is 128 Å². The topological polar surface area (TPSA) is 46.5 Å². The van der Waals surface area contributed by atoms with Gasteiger partial charge in [-0.15, -0.1) is 0 Å². The molecule has 0 radical (unpaired) electrons. The number of aliphatic hydroxyl groups is 1. The third kappa shape index (κ3) is 4.07. The minimum absolute atomic E-state index is 0.234. The SMILES string of the molecule is CCCC(O)(C(=O)OCC)C(CC)c1ccc(CC)cc1. The summed E-state index contributed by atoms with van der Waals surface area (Å²) in [5.74, 6) is -0.735. The number of benzene rings is 1. The Balaban J connectivity index is 3.13. The number of esters is 1. The molecule has 3 heteroatoms. The second kappa shape index (κ2) is 8.18. The fourth-order valence-electron chi connectivity index (χ4n) is 2.89. The highest BCUT2D eigenvalue weighted by Gasteiger charge is 2.44. The predicted molar refractivity (Wildman–Crippen MR) is 85.3 cm³/mol. The first kappa shape index (κ1) is 17.7. The normalized spacial score (nSPS) is 15.3. The van der Waals surface area contributed by atoms with Crippen molar-refractivity contribution in [2.45, 2.75) is 64.9 Å². The summed E-state index contributed by atoms with van der Waals surface area (Å²) in [5, 5.41) is 11.0. The van der Waals surface area contributed by atoms with E-state index in [1.165, 1.54) is 5.56 Å². The minimum atomic E-state index is -1.44. The molecule has 0 spiro atoms. The smallest absolute Gasteiger partial charge is 0.338 e. The molecule has 0 aliphatic carbocycles. The second-order valence-electron chi connectivity index (χ2n) is 5.45. The Morgan fingerprint density at radius 2 is 1.81 bits per heavy atom. The Morgan fingerprint density at radius 3 is 2.24 bits per heavy atom. The second-order valence-corrected chi connectivity index (χ2v) is 5.45. The van der Waals surface area contributed by atoms with Gasteiger partial charge in [0.15, 0.2) is 5.60 Å². The number of carbonyl (C=O) groups is 1. The lowest BCUT2D eigenvalue weighted by molar-refractivity contribution is -0.169. The van der Waals surface area contributed by atoms with Crippen LogP contribution in [-0.2, 0) is 16.0 Å². The van der Waals surface area contributed by atoms with Gasteiger partial charge < -0.3 is 9.84 Å². The van der Waals surface area contributed by atoms with Crippen LogP contribution in [0.4, 0.5) is 0 Å². The fraction of sp³-hybridized carbons (Fsp3) is 0.611. The van der Waals surface area contributed by atoms with E-state index in [1.54, 1.807) is 6.92 Å². The van der Waals surface area contributed by atoms with Crippen LogP contribution in [0.5, 0.6) is 0 Å². The van der Waals surface area contributed by atoms with Crippen molar-refractivity contribution in [1.82, 2.24) is 0 Å². The van der Waals surface area contributed by atoms with Gasteiger partial charge in [0.25, 0.3) is 0 Å². The lowest BCUT2D eigenvalue weighted by Gasteiger charge is -2.33. The molecule has 1 aromatic carbocycles. The molecular weight excluding hydrogens is 264 g/mol. The van der Waals surface area contributed by atoms with E-state index in [4.69, 9.17) is 4.74 Å². The van der Waals surface area contributed by atoms with Crippen LogP contribution in [0, 0.1) is 0 Å². The summed E-state index contributed by atoms with van der Waals surface area (Å²) in [5.41, 5.74) is 0.815. The first-order chi connectivity index (χ1) is 10.0. The molecule has 0 aromatic heterocycles. The van der Waals surface area contributed by atoms with Crippen molar-refractivity contribution in [1.29, 1.82) is 0 Å². The number of hydrogen-bond donors (Lipinski definition) is 1. The molecule has 1 N–H and O–H groups in total. The van der Waals surface area contributed by atoms with E-state index in [2.05, 4.69) is 19.1 Å². The zero-order valence-corrected chi connectivity index (χ0v) is 13.7. The van der Waals surface area contributed by atoms with Crippen molar-refractivity contribution in [2.75, 3.05) is 6.61 Å². The molecule has 0 saturated carbocycles. The summed E-state index contributed by atoms with van der Waals surface area (Å²) in [6.45, 7) is 8.13. The van der Waals surface area contributed by atoms with E-state index < -0.39 is 11.6 Å². The zero-order chi connectivity index (χ0) is 15.9. The number of ether oxygens (including phenoxy) is 1. The van der Waals surface area contributed by atoms with Crippen molar-refractivity contribution in [3.63, 3.8) is 0 Å². The monoisotopic (exact) mass is 292 g/mol. The van der Waals surface area contributed by atoms with Gasteiger partial charge >= 0.3 is 5.97 Å². The molecule has 0 saturated heterocycles. The predicted octanol–water partition coefficient (Wildman–Crippen LogP) is 3.84. The Kier molecular flexibility index (Phi) is 6.90. The van der Waals surface area contributed by atoms with E-state index >= 15 is 0 Å². The number of rotatable bonds is 8.